The number of rotatable bonds is 3. The van der Waals surface area contributed by atoms with Crippen molar-refractivity contribution < 1.29 is 9.53 Å². The van der Waals surface area contributed by atoms with Crippen molar-refractivity contribution >= 4 is 5.91 Å². The summed E-state index contributed by atoms with van der Waals surface area (Å²) in [6.07, 6.45) is 3.71. The van der Waals surface area contributed by atoms with Crippen molar-refractivity contribution in [3.8, 4) is 0 Å². The van der Waals surface area contributed by atoms with Gasteiger partial charge in [0.15, 0.2) is 0 Å². The second-order valence-corrected chi connectivity index (χ2v) is 6.78. The first-order chi connectivity index (χ1) is 11.8. The highest BCUT2D eigenvalue weighted by Crippen LogP contribution is 2.37. The number of hydrogen-bond acceptors (Lipinski definition) is 2. The zero-order valence-electron chi connectivity index (χ0n) is 13.8. The molecule has 2 aliphatic rings. The minimum atomic E-state index is -0.0523. The Morgan fingerprint density at radius 3 is 2.42 bits per heavy atom. The van der Waals surface area contributed by atoms with Gasteiger partial charge < -0.3 is 9.64 Å². The summed E-state index contributed by atoms with van der Waals surface area (Å²) in [4.78, 5) is 15.3. The van der Waals surface area contributed by atoms with Crippen LogP contribution in [0.2, 0.25) is 0 Å². The van der Waals surface area contributed by atoms with Crippen LogP contribution in [0.25, 0.3) is 0 Å². The quantitative estimate of drug-likeness (QED) is 0.856. The molecule has 0 bridgehead atoms. The lowest BCUT2D eigenvalue weighted by Crippen LogP contribution is -2.40. The molecule has 2 aromatic carbocycles. The van der Waals surface area contributed by atoms with Gasteiger partial charge in [-0.3, -0.25) is 4.79 Å². The van der Waals surface area contributed by atoms with Crippen LogP contribution in [0.5, 0.6) is 0 Å². The molecule has 4 rings (SSSR count). The predicted molar refractivity (Wildman–Crippen MR) is 93.3 cm³/mol. The highest BCUT2D eigenvalue weighted by atomic mass is 16.5. The molecule has 0 saturated carbocycles. The van der Waals surface area contributed by atoms with E-state index in [1.54, 1.807) is 0 Å². The van der Waals surface area contributed by atoms with Crippen molar-refractivity contribution in [2.45, 2.75) is 38.0 Å². The molecule has 2 heterocycles. The molecule has 2 fully saturated rings. The van der Waals surface area contributed by atoms with Gasteiger partial charge >= 0.3 is 0 Å². The second kappa shape index (κ2) is 6.78. The van der Waals surface area contributed by atoms with Crippen molar-refractivity contribution in [1.82, 2.24) is 4.90 Å². The fraction of sp³-hybridized carbons (Fsp3) is 0.381. The van der Waals surface area contributed by atoms with Gasteiger partial charge in [-0.1, -0.05) is 60.7 Å². The van der Waals surface area contributed by atoms with E-state index in [0.717, 1.165) is 25.7 Å². The van der Waals surface area contributed by atoms with Crippen LogP contribution in [-0.2, 0) is 16.0 Å². The lowest BCUT2D eigenvalue weighted by atomic mass is 9.93. The van der Waals surface area contributed by atoms with Crippen LogP contribution < -0.4 is 0 Å². The van der Waals surface area contributed by atoms with Crippen molar-refractivity contribution in [3.05, 3.63) is 71.8 Å². The number of amides is 1. The van der Waals surface area contributed by atoms with Gasteiger partial charge in [0.1, 0.15) is 6.23 Å². The number of nitrogens with zero attached hydrogens (tertiary/aromatic N) is 1. The number of benzene rings is 2. The molecule has 3 atom stereocenters. The Labute approximate surface area is 143 Å². The molecule has 124 valence electrons. The number of hydrogen-bond donors (Lipinski definition) is 0. The average Bonchev–Trinajstić information content (AvgIpc) is 2.99. The SMILES string of the molecule is O=C1[C@@H](Cc2ccccc2)CCC[C@@H]2OC[C@@H](c3ccccc3)N12. The first-order valence-corrected chi connectivity index (χ1v) is 8.85. The van der Waals surface area contributed by atoms with Crippen LogP contribution in [0.3, 0.4) is 0 Å². The summed E-state index contributed by atoms with van der Waals surface area (Å²) in [5.41, 5.74) is 2.42. The van der Waals surface area contributed by atoms with Crippen molar-refractivity contribution in [2.24, 2.45) is 5.92 Å². The molecule has 2 aliphatic heterocycles. The topological polar surface area (TPSA) is 29.5 Å². The van der Waals surface area contributed by atoms with Crippen molar-refractivity contribution in [3.63, 3.8) is 0 Å². The van der Waals surface area contributed by atoms with Gasteiger partial charge in [0, 0.05) is 5.92 Å². The zero-order valence-corrected chi connectivity index (χ0v) is 13.8. The maximum absolute atomic E-state index is 13.3. The van der Waals surface area contributed by atoms with Gasteiger partial charge in [0.05, 0.1) is 12.6 Å². The lowest BCUT2D eigenvalue weighted by Gasteiger charge is -2.29. The van der Waals surface area contributed by atoms with E-state index in [0.29, 0.717) is 6.61 Å². The van der Waals surface area contributed by atoms with Gasteiger partial charge in [-0.05, 0) is 36.8 Å². The molecule has 3 nitrogen and oxygen atoms in total. The molecule has 3 heteroatoms. The minimum absolute atomic E-state index is 0.0523. The molecule has 24 heavy (non-hydrogen) atoms. The Morgan fingerprint density at radius 2 is 1.67 bits per heavy atom. The molecule has 2 saturated heterocycles. The Hall–Kier alpha value is -2.13. The Balaban J connectivity index is 1.58. The maximum Gasteiger partial charge on any atom is 0.228 e. The zero-order chi connectivity index (χ0) is 16.4. The largest absolute Gasteiger partial charge is 0.356 e. The van der Waals surface area contributed by atoms with E-state index in [9.17, 15) is 4.79 Å². The number of carbonyl (C=O) groups is 1. The fourth-order valence-corrected chi connectivity index (χ4v) is 3.97. The molecule has 0 aromatic heterocycles. The lowest BCUT2D eigenvalue weighted by molar-refractivity contribution is -0.141. The van der Waals surface area contributed by atoms with E-state index >= 15 is 0 Å². The minimum Gasteiger partial charge on any atom is -0.356 e. The second-order valence-electron chi connectivity index (χ2n) is 6.78. The average molecular weight is 321 g/mol. The molecular weight excluding hydrogens is 298 g/mol. The van der Waals surface area contributed by atoms with E-state index in [2.05, 4.69) is 24.3 Å². The van der Waals surface area contributed by atoms with E-state index < -0.39 is 0 Å². The predicted octanol–water partition coefficient (Wildman–Crippen LogP) is 3.96. The van der Waals surface area contributed by atoms with Crippen LogP contribution in [0.1, 0.15) is 36.4 Å². The number of ether oxygens (including phenoxy) is 1. The standard InChI is InChI=1S/C21H23NO2/c23-21-18(14-16-8-3-1-4-9-16)12-7-13-20-22(21)19(15-24-20)17-10-5-2-6-11-17/h1-6,8-11,18-20H,7,12-15H2/t18-,19+,20+/m1/s1. The molecule has 0 N–H and O–H groups in total. The monoisotopic (exact) mass is 321 g/mol. The van der Waals surface area contributed by atoms with Gasteiger partial charge in [-0.25, -0.2) is 0 Å². The highest BCUT2D eigenvalue weighted by molar-refractivity contribution is 5.80. The summed E-state index contributed by atoms with van der Waals surface area (Å²) < 4.78 is 5.98. The van der Waals surface area contributed by atoms with Crippen LogP contribution >= 0.6 is 0 Å². The van der Waals surface area contributed by atoms with E-state index in [1.807, 2.05) is 41.3 Å². The normalized spacial score (nSPS) is 26.9. The molecule has 2 aromatic rings. The molecule has 0 unspecified atom stereocenters. The third-order valence-electron chi connectivity index (χ3n) is 5.21. The van der Waals surface area contributed by atoms with Gasteiger partial charge in [0.25, 0.3) is 0 Å². The summed E-state index contributed by atoms with van der Waals surface area (Å²) in [6.45, 7) is 0.610. The van der Waals surface area contributed by atoms with Gasteiger partial charge in [0.2, 0.25) is 5.91 Å². The molecule has 0 aliphatic carbocycles. The van der Waals surface area contributed by atoms with Crippen LogP contribution in [0, 0.1) is 5.92 Å². The Kier molecular flexibility index (Phi) is 4.35. The number of fused-ring (bicyclic) bond motifs is 1. The van der Waals surface area contributed by atoms with Crippen LogP contribution in [0.4, 0.5) is 0 Å². The number of carbonyl (C=O) groups excluding carboxylic acids is 1. The smallest absolute Gasteiger partial charge is 0.228 e. The highest BCUT2D eigenvalue weighted by Gasteiger charge is 2.42. The Morgan fingerprint density at radius 1 is 0.958 bits per heavy atom. The fourth-order valence-electron chi connectivity index (χ4n) is 3.97. The van der Waals surface area contributed by atoms with Gasteiger partial charge in [-0.15, -0.1) is 0 Å². The molecule has 0 spiro atoms. The molecule has 1 amide bonds. The van der Waals surface area contributed by atoms with E-state index in [-0.39, 0.29) is 24.1 Å². The van der Waals surface area contributed by atoms with E-state index in [1.165, 1.54) is 11.1 Å². The maximum atomic E-state index is 13.3. The summed E-state index contributed by atoms with van der Waals surface area (Å²) in [7, 11) is 0. The summed E-state index contributed by atoms with van der Waals surface area (Å²) in [6, 6.07) is 20.7. The van der Waals surface area contributed by atoms with Crippen molar-refractivity contribution in [1.29, 1.82) is 0 Å². The third kappa shape index (κ3) is 2.96. The Bertz CT molecular complexity index is 685. The first kappa shape index (κ1) is 15.4. The van der Waals surface area contributed by atoms with Gasteiger partial charge in [-0.2, -0.15) is 0 Å². The summed E-state index contributed by atoms with van der Waals surface area (Å²) in [5.74, 6) is 0.318. The molecule has 0 radical (unpaired) electrons. The van der Waals surface area contributed by atoms with Crippen LogP contribution in [-0.4, -0.2) is 23.6 Å². The molecular formula is C21H23NO2. The van der Waals surface area contributed by atoms with Crippen LogP contribution in [0.15, 0.2) is 60.7 Å². The summed E-state index contributed by atoms with van der Waals surface area (Å²) in [5, 5.41) is 0. The first-order valence-electron chi connectivity index (χ1n) is 8.85. The third-order valence-corrected chi connectivity index (χ3v) is 5.21. The van der Waals surface area contributed by atoms with E-state index in [4.69, 9.17) is 4.74 Å². The van der Waals surface area contributed by atoms with Crippen molar-refractivity contribution in [2.75, 3.05) is 6.61 Å². The summed E-state index contributed by atoms with van der Waals surface area (Å²) >= 11 is 0.